The predicted molar refractivity (Wildman–Crippen MR) is 128 cm³/mol. The lowest BCUT2D eigenvalue weighted by atomic mass is 10.0. The van der Waals surface area contributed by atoms with Gasteiger partial charge in [0.2, 0.25) is 6.17 Å². The van der Waals surface area contributed by atoms with Crippen molar-refractivity contribution >= 4 is 46.2 Å². The highest BCUT2D eigenvalue weighted by Crippen LogP contribution is 2.30. The van der Waals surface area contributed by atoms with Crippen molar-refractivity contribution in [1.29, 1.82) is 0 Å². The number of amides is 1. The van der Waals surface area contributed by atoms with Crippen LogP contribution >= 0.6 is 23.8 Å². The zero-order valence-corrected chi connectivity index (χ0v) is 19.1. The summed E-state index contributed by atoms with van der Waals surface area (Å²) in [6.07, 6.45) is 1.20. The third-order valence-corrected chi connectivity index (χ3v) is 6.29. The summed E-state index contributed by atoms with van der Waals surface area (Å²) in [7, 11) is 3.44. The van der Waals surface area contributed by atoms with Gasteiger partial charge in [0.25, 0.3) is 5.91 Å². The van der Waals surface area contributed by atoms with Crippen LogP contribution in [0.4, 0.5) is 5.69 Å². The maximum Gasteiger partial charge on any atom is 0.272 e. The van der Waals surface area contributed by atoms with Crippen molar-refractivity contribution in [3.63, 3.8) is 0 Å². The lowest BCUT2D eigenvalue weighted by molar-refractivity contribution is -0.119. The fourth-order valence-corrected chi connectivity index (χ4v) is 4.66. The number of thiocarbonyl (C=S) groups is 1. The van der Waals surface area contributed by atoms with Gasteiger partial charge < -0.3 is 19.9 Å². The first kappa shape index (κ1) is 21.7. The fraction of sp³-hybridized carbons (Fsp3) is 0.348. The summed E-state index contributed by atoms with van der Waals surface area (Å²) in [6.45, 7) is 1.44. The molecule has 0 spiro atoms. The summed E-state index contributed by atoms with van der Waals surface area (Å²) < 4.78 is 5.34. The van der Waals surface area contributed by atoms with E-state index < -0.39 is 6.17 Å². The number of methoxy groups -OCH3 is 1. The van der Waals surface area contributed by atoms with Crippen LogP contribution in [0, 0.1) is 0 Å². The van der Waals surface area contributed by atoms with E-state index in [9.17, 15) is 4.79 Å². The van der Waals surface area contributed by atoms with E-state index in [2.05, 4.69) is 10.2 Å². The molecule has 0 saturated carbocycles. The van der Waals surface area contributed by atoms with Gasteiger partial charge in [-0.1, -0.05) is 41.9 Å². The van der Waals surface area contributed by atoms with Crippen LogP contribution in [0.5, 0.6) is 0 Å². The number of rotatable bonds is 4. The van der Waals surface area contributed by atoms with Gasteiger partial charge in [0, 0.05) is 36.9 Å². The second-order valence-electron chi connectivity index (χ2n) is 7.70. The second kappa shape index (κ2) is 9.34. The predicted octanol–water partition coefficient (Wildman–Crippen LogP) is 3.47. The first-order chi connectivity index (χ1) is 15.0. The Morgan fingerprint density at radius 1 is 1.29 bits per heavy atom. The SMILES string of the molecule is COCC1CCCN1C(=S)NC1N=C(c2ccccc2)c2cc(Cl)ccc2N(C)C1=O. The Balaban J connectivity index is 1.72. The monoisotopic (exact) mass is 456 g/mol. The van der Waals surface area contributed by atoms with Gasteiger partial charge in [0.05, 0.1) is 24.0 Å². The van der Waals surface area contributed by atoms with Gasteiger partial charge in [-0.2, -0.15) is 0 Å². The van der Waals surface area contributed by atoms with E-state index >= 15 is 0 Å². The highest BCUT2D eigenvalue weighted by atomic mass is 35.5. The summed E-state index contributed by atoms with van der Waals surface area (Å²) >= 11 is 12.0. The number of nitrogens with zero attached hydrogens (tertiary/aromatic N) is 3. The molecule has 4 rings (SSSR count). The zero-order chi connectivity index (χ0) is 22.0. The number of nitrogens with one attached hydrogen (secondary N) is 1. The quantitative estimate of drug-likeness (QED) is 0.714. The van der Waals surface area contributed by atoms with E-state index in [4.69, 9.17) is 33.5 Å². The number of carbonyl (C=O) groups is 1. The minimum atomic E-state index is -0.845. The number of benzene rings is 2. The average Bonchev–Trinajstić information content (AvgIpc) is 3.21. The van der Waals surface area contributed by atoms with Crippen LogP contribution in [-0.2, 0) is 9.53 Å². The van der Waals surface area contributed by atoms with E-state index in [1.54, 1.807) is 25.1 Å². The summed E-state index contributed by atoms with van der Waals surface area (Å²) in [6, 6.07) is 15.5. The smallest absolute Gasteiger partial charge is 0.272 e. The van der Waals surface area contributed by atoms with Crippen molar-refractivity contribution < 1.29 is 9.53 Å². The molecule has 0 aromatic heterocycles. The first-order valence-corrected chi connectivity index (χ1v) is 11.0. The maximum absolute atomic E-state index is 13.3. The molecule has 1 amide bonds. The topological polar surface area (TPSA) is 57.2 Å². The molecular weight excluding hydrogens is 432 g/mol. The van der Waals surface area contributed by atoms with Gasteiger partial charge in [-0.15, -0.1) is 0 Å². The summed E-state index contributed by atoms with van der Waals surface area (Å²) in [4.78, 5) is 21.9. The van der Waals surface area contributed by atoms with Crippen LogP contribution in [-0.4, -0.2) is 61.1 Å². The third-order valence-electron chi connectivity index (χ3n) is 5.70. The molecule has 2 heterocycles. The van der Waals surface area contributed by atoms with Gasteiger partial charge in [-0.25, -0.2) is 4.99 Å². The van der Waals surface area contributed by atoms with E-state index in [0.717, 1.165) is 36.2 Å². The fourth-order valence-electron chi connectivity index (χ4n) is 4.14. The summed E-state index contributed by atoms with van der Waals surface area (Å²) in [5.41, 5.74) is 3.17. The molecule has 2 aliphatic rings. The lowest BCUT2D eigenvalue weighted by Crippen LogP contribution is -2.52. The normalized spacial score (nSPS) is 20.9. The number of likely N-dealkylation sites (tertiary alicyclic amines) is 1. The number of aliphatic imine (C=N–C) groups is 1. The lowest BCUT2D eigenvalue weighted by Gasteiger charge is -2.29. The van der Waals surface area contributed by atoms with Crippen LogP contribution in [0.2, 0.25) is 5.02 Å². The number of carbonyl (C=O) groups excluding carboxylic acids is 1. The molecule has 31 heavy (non-hydrogen) atoms. The zero-order valence-electron chi connectivity index (χ0n) is 17.5. The molecule has 8 heteroatoms. The Kier molecular flexibility index (Phi) is 6.55. The van der Waals surface area contributed by atoms with Gasteiger partial charge >= 0.3 is 0 Å². The second-order valence-corrected chi connectivity index (χ2v) is 8.52. The highest BCUT2D eigenvalue weighted by Gasteiger charge is 2.33. The highest BCUT2D eigenvalue weighted by molar-refractivity contribution is 7.80. The van der Waals surface area contributed by atoms with Gasteiger partial charge in [0.15, 0.2) is 5.11 Å². The van der Waals surface area contributed by atoms with Crippen molar-refractivity contribution in [3.8, 4) is 0 Å². The Morgan fingerprint density at radius 3 is 2.81 bits per heavy atom. The van der Waals surface area contributed by atoms with E-state index in [-0.39, 0.29) is 11.9 Å². The summed E-state index contributed by atoms with van der Waals surface area (Å²) in [5.74, 6) is -0.181. The number of fused-ring (bicyclic) bond motifs is 1. The number of benzodiazepines with no additional fused rings is 1. The molecule has 162 valence electrons. The van der Waals surface area contributed by atoms with Crippen LogP contribution in [0.1, 0.15) is 24.0 Å². The molecule has 1 saturated heterocycles. The first-order valence-electron chi connectivity index (χ1n) is 10.3. The molecule has 2 aromatic carbocycles. The molecule has 2 aromatic rings. The van der Waals surface area contributed by atoms with Gasteiger partial charge in [-0.3, -0.25) is 4.79 Å². The Morgan fingerprint density at radius 2 is 2.06 bits per heavy atom. The largest absolute Gasteiger partial charge is 0.383 e. The van der Waals surface area contributed by atoms with E-state index in [1.165, 1.54) is 0 Å². The maximum atomic E-state index is 13.3. The van der Waals surface area contributed by atoms with Gasteiger partial charge in [-0.05, 0) is 43.3 Å². The standard InChI is InChI=1S/C23H25ClN4O2S/c1-27-19-11-10-16(24)13-18(19)20(15-7-4-3-5-8-15)25-21(22(27)29)26-23(31)28-12-6-9-17(28)14-30-2/h3-5,7-8,10-11,13,17,21H,6,9,12,14H2,1-2H3,(H,26,31). The Bertz CT molecular complexity index is 1010. The molecule has 0 aliphatic carbocycles. The van der Waals surface area contributed by atoms with E-state index in [0.29, 0.717) is 22.5 Å². The molecule has 1 N–H and O–H groups in total. The van der Waals surface area contributed by atoms with Crippen molar-refractivity contribution in [3.05, 3.63) is 64.7 Å². The number of halogens is 1. The van der Waals surface area contributed by atoms with Crippen LogP contribution < -0.4 is 10.2 Å². The van der Waals surface area contributed by atoms with Crippen molar-refractivity contribution in [2.75, 3.05) is 32.2 Å². The Hall–Kier alpha value is -2.48. The molecule has 2 unspecified atom stereocenters. The molecular formula is C23H25ClN4O2S. The molecule has 0 bridgehead atoms. The number of likely N-dealkylation sites (N-methyl/N-ethyl adjacent to an activating group) is 1. The third kappa shape index (κ3) is 4.44. The molecule has 6 nitrogen and oxygen atoms in total. The minimum Gasteiger partial charge on any atom is -0.383 e. The molecule has 2 atom stereocenters. The van der Waals surface area contributed by atoms with E-state index in [1.807, 2.05) is 42.5 Å². The van der Waals surface area contributed by atoms with Crippen LogP contribution in [0.25, 0.3) is 0 Å². The number of anilines is 1. The number of hydrogen-bond acceptors (Lipinski definition) is 4. The molecule has 0 radical (unpaired) electrons. The number of hydrogen-bond donors (Lipinski definition) is 1. The average molecular weight is 457 g/mol. The Labute approximate surface area is 192 Å². The minimum absolute atomic E-state index is 0.181. The van der Waals surface area contributed by atoms with Crippen molar-refractivity contribution in [2.45, 2.75) is 25.0 Å². The number of ether oxygens (including phenoxy) is 1. The van der Waals surface area contributed by atoms with Gasteiger partial charge in [0.1, 0.15) is 0 Å². The van der Waals surface area contributed by atoms with Crippen LogP contribution in [0.15, 0.2) is 53.5 Å². The van der Waals surface area contributed by atoms with Crippen molar-refractivity contribution in [2.24, 2.45) is 4.99 Å². The summed E-state index contributed by atoms with van der Waals surface area (Å²) in [5, 5.41) is 4.32. The molecule has 1 fully saturated rings. The van der Waals surface area contributed by atoms with Crippen molar-refractivity contribution in [1.82, 2.24) is 10.2 Å². The van der Waals surface area contributed by atoms with Crippen LogP contribution in [0.3, 0.4) is 0 Å². The molecule has 2 aliphatic heterocycles.